The van der Waals surface area contributed by atoms with E-state index in [0.29, 0.717) is 24.7 Å². The summed E-state index contributed by atoms with van der Waals surface area (Å²) >= 11 is 4.89. The zero-order valence-electron chi connectivity index (χ0n) is 9.47. The Balaban J connectivity index is 2.69. The van der Waals surface area contributed by atoms with Crippen molar-refractivity contribution in [3.63, 3.8) is 0 Å². The predicted molar refractivity (Wildman–Crippen MR) is 66.7 cm³/mol. The summed E-state index contributed by atoms with van der Waals surface area (Å²) in [5, 5.41) is 0. The highest BCUT2D eigenvalue weighted by Crippen LogP contribution is 2.16. The van der Waals surface area contributed by atoms with Crippen molar-refractivity contribution < 1.29 is 9.47 Å². The maximum Gasteiger partial charge on any atom is 0.148 e. The number of hydrogen-bond acceptors (Lipinski definition) is 4. The van der Waals surface area contributed by atoms with Crippen LogP contribution in [0.25, 0.3) is 0 Å². The van der Waals surface area contributed by atoms with E-state index < -0.39 is 0 Å². The van der Waals surface area contributed by atoms with E-state index in [1.165, 1.54) is 0 Å². The molecule has 1 unspecified atom stereocenters. The van der Waals surface area contributed by atoms with Crippen LogP contribution in [0.1, 0.15) is 19.5 Å². The van der Waals surface area contributed by atoms with Crippen molar-refractivity contribution in [2.75, 3.05) is 13.2 Å². The highest BCUT2D eigenvalue weighted by molar-refractivity contribution is 7.80. The second-order valence-electron chi connectivity index (χ2n) is 3.30. The Morgan fingerprint density at radius 1 is 1.62 bits per heavy atom. The molecule has 0 saturated carbocycles. The van der Waals surface area contributed by atoms with Gasteiger partial charge in [-0.2, -0.15) is 0 Å². The van der Waals surface area contributed by atoms with Crippen molar-refractivity contribution in [1.29, 1.82) is 0 Å². The van der Waals surface area contributed by atoms with Crippen molar-refractivity contribution in [2.24, 2.45) is 5.73 Å². The van der Waals surface area contributed by atoms with Gasteiger partial charge in [0.25, 0.3) is 0 Å². The summed E-state index contributed by atoms with van der Waals surface area (Å²) < 4.78 is 10.9. The molecule has 1 aromatic rings. The first-order chi connectivity index (χ1) is 7.65. The fraction of sp³-hybridized carbons (Fsp3) is 0.455. The summed E-state index contributed by atoms with van der Waals surface area (Å²) in [6.45, 7) is 5.06. The molecule has 0 bridgehead atoms. The zero-order chi connectivity index (χ0) is 12.0. The Labute approximate surface area is 101 Å². The van der Waals surface area contributed by atoms with Crippen molar-refractivity contribution in [1.82, 2.24) is 4.98 Å². The number of nitrogens with zero attached hydrogens (tertiary/aromatic N) is 1. The van der Waals surface area contributed by atoms with E-state index >= 15 is 0 Å². The monoisotopic (exact) mass is 240 g/mol. The topological polar surface area (TPSA) is 57.4 Å². The van der Waals surface area contributed by atoms with Crippen LogP contribution in [-0.4, -0.2) is 29.3 Å². The maximum absolute atomic E-state index is 5.65. The molecule has 0 radical (unpaired) electrons. The van der Waals surface area contributed by atoms with Gasteiger partial charge >= 0.3 is 0 Å². The lowest BCUT2D eigenvalue weighted by molar-refractivity contribution is 0.0654. The average Bonchev–Trinajstić information content (AvgIpc) is 2.27. The molecule has 0 spiro atoms. The normalized spacial score (nSPS) is 12.1. The summed E-state index contributed by atoms with van der Waals surface area (Å²) in [5.41, 5.74) is 6.06. The highest BCUT2D eigenvalue weighted by Gasteiger charge is 2.10. The van der Waals surface area contributed by atoms with Crippen molar-refractivity contribution in [3.8, 4) is 5.75 Å². The molecular formula is C11H16N2O2S. The molecule has 0 fully saturated rings. The van der Waals surface area contributed by atoms with Crippen LogP contribution >= 0.6 is 12.2 Å². The van der Waals surface area contributed by atoms with Gasteiger partial charge in [-0.1, -0.05) is 12.2 Å². The van der Waals surface area contributed by atoms with Gasteiger partial charge in [-0.05, 0) is 26.0 Å². The molecule has 0 aliphatic heterocycles. The highest BCUT2D eigenvalue weighted by atomic mass is 32.1. The lowest BCUT2D eigenvalue weighted by Gasteiger charge is -2.16. The minimum atomic E-state index is -0.0581. The number of rotatable bonds is 6. The van der Waals surface area contributed by atoms with Crippen molar-refractivity contribution >= 4 is 17.2 Å². The van der Waals surface area contributed by atoms with E-state index in [-0.39, 0.29) is 11.1 Å². The molecule has 2 N–H and O–H groups in total. The van der Waals surface area contributed by atoms with Crippen LogP contribution in [-0.2, 0) is 4.74 Å². The van der Waals surface area contributed by atoms with Crippen LogP contribution in [0.15, 0.2) is 18.3 Å². The third-order valence-corrected chi connectivity index (χ3v) is 2.08. The molecule has 16 heavy (non-hydrogen) atoms. The molecule has 1 aromatic heterocycles. The first-order valence-corrected chi connectivity index (χ1v) is 5.55. The van der Waals surface area contributed by atoms with Crippen LogP contribution < -0.4 is 10.5 Å². The maximum atomic E-state index is 5.65. The SMILES string of the molecule is CCOCC(C)Oc1cccnc1C(N)=S. The summed E-state index contributed by atoms with van der Waals surface area (Å²) in [6, 6.07) is 3.58. The van der Waals surface area contributed by atoms with Crippen LogP contribution in [0.5, 0.6) is 5.75 Å². The van der Waals surface area contributed by atoms with Gasteiger partial charge in [0, 0.05) is 12.8 Å². The van der Waals surface area contributed by atoms with Crippen LogP contribution in [0.4, 0.5) is 0 Å². The fourth-order valence-electron chi connectivity index (χ4n) is 1.21. The van der Waals surface area contributed by atoms with Crippen molar-refractivity contribution in [3.05, 3.63) is 24.0 Å². The molecule has 1 heterocycles. The van der Waals surface area contributed by atoms with E-state index in [9.17, 15) is 0 Å². The fourth-order valence-corrected chi connectivity index (χ4v) is 1.36. The molecule has 0 aliphatic rings. The minimum Gasteiger partial charge on any atom is -0.486 e. The average molecular weight is 240 g/mol. The standard InChI is InChI=1S/C11H16N2O2S/c1-3-14-7-8(2)15-9-5-4-6-13-10(9)11(12)16/h4-6,8H,3,7H2,1-2H3,(H2,12,16). The van der Waals surface area contributed by atoms with E-state index in [0.717, 1.165) is 0 Å². The molecule has 5 heteroatoms. The lowest BCUT2D eigenvalue weighted by atomic mass is 10.3. The van der Waals surface area contributed by atoms with Crippen LogP contribution in [0, 0.1) is 0 Å². The van der Waals surface area contributed by atoms with Crippen molar-refractivity contribution in [2.45, 2.75) is 20.0 Å². The smallest absolute Gasteiger partial charge is 0.148 e. The summed E-state index contributed by atoms with van der Waals surface area (Å²) in [4.78, 5) is 4.31. The molecule has 1 rings (SSSR count). The largest absolute Gasteiger partial charge is 0.486 e. The van der Waals surface area contributed by atoms with Gasteiger partial charge in [0.1, 0.15) is 22.5 Å². The Hall–Kier alpha value is -1.20. The molecule has 88 valence electrons. The second kappa shape index (κ2) is 6.40. The van der Waals surface area contributed by atoms with E-state index in [1.807, 2.05) is 13.8 Å². The van der Waals surface area contributed by atoms with Gasteiger partial charge in [-0.3, -0.25) is 0 Å². The van der Waals surface area contributed by atoms with E-state index in [1.54, 1.807) is 18.3 Å². The van der Waals surface area contributed by atoms with E-state index in [4.69, 9.17) is 27.4 Å². The summed E-state index contributed by atoms with van der Waals surface area (Å²) in [7, 11) is 0. The molecule has 0 amide bonds. The number of thiocarbonyl (C=S) groups is 1. The van der Waals surface area contributed by atoms with Gasteiger partial charge in [0.15, 0.2) is 0 Å². The Bertz CT molecular complexity index is 358. The quantitative estimate of drug-likeness (QED) is 0.764. The number of nitrogens with two attached hydrogens (primary N) is 1. The van der Waals surface area contributed by atoms with E-state index in [2.05, 4.69) is 4.98 Å². The third-order valence-electron chi connectivity index (χ3n) is 1.89. The van der Waals surface area contributed by atoms with Gasteiger partial charge in [-0.15, -0.1) is 0 Å². The number of ether oxygens (including phenoxy) is 2. The molecular weight excluding hydrogens is 224 g/mol. The first kappa shape index (κ1) is 12.9. The second-order valence-corrected chi connectivity index (χ2v) is 3.74. The predicted octanol–water partition coefficient (Wildman–Crippen LogP) is 1.52. The number of pyridine rings is 1. The summed E-state index contributed by atoms with van der Waals surface area (Å²) in [6.07, 6.45) is 1.58. The molecule has 0 aromatic carbocycles. The Morgan fingerprint density at radius 2 is 2.38 bits per heavy atom. The first-order valence-electron chi connectivity index (χ1n) is 5.14. The van der Waals surface area contributed by atoms with Gasteiger partial charge in [-0.25, -0.2) is 4.98 Å². The Morgan fingerprint density at radius 3 is 3.00 bits per heavy atom. The number of aromatic nitrogens is 1. The summed E-state index contributed by atoms with van der Waals surface area (Å²) in [5.74, 6) is 0.599. The lowest BCUT2D eigenvalue weighted by Crippen LogP contribution is -2.22. The number of hydrogen-bond donors (Lipinski definition) is 1. The molecule has 4 nitrogen and oxygen atoms in total. The van der Waals surface area contributed by atoms with Gasteiger partial charge in [0.05, 0.1) is 6.61 Å². The third kappa shape index (κ3) is 3.75. The zero-order valence-corrected chi connectivity index (χ0v) is 10.3. The molecule has 0 saturated heterocycles. The molecule has 0 aliphatic carbocycles. The van der Waals surface area contributed by atoms with Crippen LogP contribution in [0.2, 0.25) is 0 Å². The molecule has 1 atom stereocenters. The minimum absolute atomic E-state index is 0.0581. The Kier molecular flexibility index (Phi) is 5.14. The van der Waals surface area contributed by atoms with Gasteiger partial charge < -0.3 is 15.2 Å². The van der Waals surface area contributed by atoms with Crippen LogP contribution in [0.3, 0.4) is 0 Å². The van der Waals surface area contributed by atoms with Gasteiger partial charge in [0.2, 0.25) is 0 Å².